The number of nitrogens with two attached hydrogens (primary N) is 1. The van der Waals surface area contributed by atoms with Crippen LogP contribution in [0.2, 0.25) is 0 Å². The monoisotopic (exact) mass is 232 g/mol. The molecular weight excluding hydrogens is 212 g/mol. The van der Waals surface area contributed by atoms with E-state index in [1.54, 1.807) is 0 Å². The van der Waals surface area contributed by atoms with Crippen molar-refractivity contribution in [2.75, 3.05) is 12.3 Å². The van der Waals surface area contributed by atoms with Gasteiger partial charge >= 0.3 is 0 Å². The van der Waals surface area contributed by atoms with Gasteiger partial charge in [0.1, 0.15) is 0 Å². The predicted molar refractivity (Wildman–Crippen MR) is 72.1 cm³/mol. The van der Waals surface area contributed by atoms with Gasteiger partial charge in [0.2, 0.25) is 0 Å². The highest BCUT2D eigenvalue weighted by Crippen LogP contribution is 2.26. The Morgan fingerprint density at radius 2 is 2.06 bits per heavy atom. The van der Waals surface area contributed by atoms with E-state index < -0.39 is 0 Å². The van der Waals surface area contributed by atoms with Crippen molar-refractivity contribution in [1.82, 2.24) is 4.57 Å². The molecule has 0 aliphatic rings. The number of hydrogen-bond acceptors (Lipinski definition) is 2. The first-order chi connectivity index (χ1) is 8.13. The summed E-state index contributed by atoms with van der Waals surface area (Å²) in [6.45, 7) is 7.77. The van der Waals surface area contributed by atoms with Crippen molar-refractivity contribution >= 4 is 16.6 Å². The highest BCUT2D eigenvalue weighted by Gasteiger charge is 2.11. The number of anilines is 1. The maximum absolute atomic E-state index is 5.86. The van der Waals surface area contributed by atoms with Gasteiger partial charge in [0.25, 0.3) is 0 Å². The molecule has 2 rings (SSSR count). The molecule has 92 valence electrons. The van der Waals surface area contributed by atoms with E-state index in [0.717, 1.165) is 12.3 Å². The number of aromatic nitrogens is 1. The molecule has 0 atom stereocenters. The average molecular weight is 232 g/mol. The Morgan fingerprint density at radius 1 is 1.29 bits per heavy atom. The van der Waals surface area contributed by atoms with E-state index in [1.165, 1.54) is 16.6 Å². The van der Waals surface area contributed by atoms with Crippen molar-refractivity contribution in [2.45, 2.75) is 33.4 Å². The summed E-state index contributed by atoms with van der Waals surface area (Å²) in [4.78, 5) is 0. The van der Waals surface area contributed by atoms with E-state index in [0.29, 0.717) is 12.6 Å². The molecule has 0 unspecified atom stereocenters. The lowest BCUT2D eigenvalue weighted by molar-refractivity contribution is 0.128. The summed E-state index contributed by atoms with van der Waals surface area (Å²) in [5.41, 5.74) is 9.06. The fourth-order valence-corrected chi connectivity index (χ4v) is 2.22. The Balaban J connectivity index is 2.54. The van der Waals surface area contributed by atoms with Crippen LogP contribution >= 0.6 is 0 Å². The molecule has 3 nitrogen and oxygen atoms in total. The highest BCUT2D eigenvalue weighted by atomic mass is 16.5. The number of nitrogens with zero attached hydrogens (tertiary/aromatic N) is 1. The predicted octanol–water partition coefficient (Wildman–Crippen LogP) is 3.34. The van der Waals surface area contributed by atoms with E-state index in [2.05, 4.69) is 30.5 Å². The Bertz CT molecular complexity index is 514. The van der Waals surface area contributed by atoms with Gasteiger partial charge in [-0.25, -0.2) is 0 Å². The zero-order valence-corrected chi connectivity index (χ0v) is 10.7. The van der Waals surface area contributed by atoms with Crippen molar-refractivity contribution in [2.24, 2.45) is 0 Å². The van der Waals surface area contributed by atoms with Crippen LogP contribution in [0.25, 0.3) is 10.9 Å². The number of fused-ring (bicyclic) bond motifs is 1. The number of ether oxygens (including phenoxy) is 1. The first-order valence-corrected chi connectivity index (χ1v) is 6.10. The van der Waals surface area contributed by atoms with Gasteiger partial charge in [0.05, 0.1) is 12.1 Å². The van der Waals surface area contributed by atoms with Crippen molar-refractivity contribution in [3.63, 3.8) is 0 Å². The van der Waals surface area contributed by atoms with Gasteiger partial charge in [-0.05, 0) is 39.0 Å². The third-order valence-electron chi connectivity index (χ3n) is 2.92. The summed E-state index contributed by atoms with van der Waals surface area (Å²) in [6.07, 6.45) is 0. The lowest BCUT2D eigenvalue weighted by atomic mass is 10.2. The number of rotatable bonds is 4. The van der Waals surface area contributed by atoms with Gasteiger partial charge in [0.15, 0.2) is 0 Å². The van der Waals surface area contributed by atoms with E-state index >= 15 is 0 Å². The largest absolute Gasteiger partial charge is 0.399 e. The van der Waals surface area contributed by atoms with Crippen LogP contribution in [0.5, 0.6) is 0 Å². The zero-order valence-electron chi connectivity index (χ0n) is 10.7. The summed E-state index contributed by atoms with van der Waals surface area (Å²) in [5.74, 6) is 0. The molecule has 0 radical (unpaired) electrons. The minimum absolute atomic E-state index is 0.407. The number of nitrogen functional groups attached to an aromatic ring is 1. The number of hydrogen-bond donors (Lipinski definition) is 1. The second-order valence-electron chi connectivity index (χ2n) is 4.55. The minimum Gasteiger partial charge on any atom is -0.399 e. The topological polar surface area (TPSA) is 40.2 Å². The molecule has 0 bridgehead atoms. The minimum atomic E-state index is 0.407. The maximum Gasteiger partial charge on any atom is 0.0868 e. The highest BCUT2D eigenvalue weighted by molar-refractivity contribution is 5.84. The summed E-state index contributed by atoms with van der Waals surface area (Å²) >= 11 is 0. The Labute approximate surface area is 102 Å². The molecule has 0 spiro atoms. The van der Waals surface area contributed by atoms with Crippen LogP contribution in [0.1, 0.15) is 32.5 Å². The Morgan fingerprint density at radius 3 is 2.71 bits per heavy atom. The molecule has 1 heterocycles. The molecule has 0 saturated heterocycles. The molecule has 2 aromatic rings. The van der Waals surface area contributed by atoms with Crippen LogP contribution in [-0.4, -0.2) is 11.2 Å². The van der Waals surface area contributed by atoms with E-state index in [1.807, 2.05) is 19.1 Å². The summed E-state index contributed by atoms with van der Waals surface area (Å²) < 4.78 is 7.81. The third kappa shape index (κ3) is 2.29. The Hall–Kier alpha value is -1.48. The first kappa shape index (κ1) is 12.0. The van der Waals surface area contributed by atoms with E-state index in [-0.39, 0.29) is 0 Å². The van der Waals surface area contributed by atoms with Crippen molar-refractivity contribution < 1.29 is 4.74 Å². The van der Waals surface area contributed by atoms with Crippen LogP contribution < -0.4 is 5.73 Å². The smallest absolute Gasteiger partial charge is 0.0868 e. The van der Waals surface area contributed by atoms with Crippen molar-refractivity contribution in [3.05, 3.63) is 30.0 Å². The SMILES string of the molecule is CCOCc1cc2ccc(N)cc2n1C(C)C. The van der Waals surface area contributed by atoms with Crippen LogP contribution in [0.4, 0.5) is 5.69 Å². The first-order valence-electron chi connectivity index (χ1n) is 6.10. The van der Waals surface area contributed by atoms with Gasteiger partial charge in [-0.15, -0.1) is 0 Å². The normalized spacial score (nSPS) is 11.5. The maximum atomic E-state index is 5.86. The van der Waals surface area contributed by atoms with Gasteiger partial charge < -0.3 is 15.0 Å². The van der Waals surface area contributed by atoms with Gasteiger partial charge in [-0.1, -0.05) is 6.07 Å². The van der Waals surface area contributed by atoms with Gasteiger partial charge in [-0.2, -0.15) is 0 Å². The number of benzene rings is 1. The fourth-order valence-electron chi connectivity index (χ4n) is 2.22. The second-order valence-corrected chi connectivity index (χ2v) is 4.55. The van der Waals surface area contributed by atoms with Crippen molar-refractivity contribution in [1.29, 1.82) is 0 Å². The standard InChI is InChI=1S/C14H20N2O/c1-4-17-9-13-7-11-5-6-12(15)8-14(11)16(13)10(2)3/h5-8,10H,4,9,15H2,1-3H3. The molecule has 0 aliphatic heterocycles. The van der Waals surface area contributed by atoms with E-state index in [4.69, 9.17) is 10.5 Å². The quantitative estimate of drug-likeness (QED) is 0.821. The fraction of sp³-hybridized carbons (Fsp3) is 0.429. The molecule has 0 saturated carbocycles. The van der Waals surface area contributed by atoms with Crippen LogP contribution in [0.15, 0.2) is 24.3 Å². The lowest BCUT2D eigenvalue weighted by Crippen LogP contribution is -2.07. The van der Waals surface area contributed by atoms with Crippen LogP contribution in [0, 0.1) is 0 Å². The molecule has 0 aliphatic carbocycles. The van der Waals surface area contributed by atoms with Crippen LogP contribution in [0.3, 0.4) is 0 Å². The second kappa shape index (κ2) is 4.80. The molecule has 1 aromatic heterocycles. The molecule has 0 fully saturated rings. The summed E-state index contributed by atoms with van der Waals surface area (Å²) in [5, 5.41) is 1.22. The molecule has 3 heteroatoms. The zero-order chi connectivity index (χ0) is 12.4. The molecule has 0 amide bonds. The van der Waals surface area contributed by atoms with Crippen LogP contribution in [-0.2, 0) is 11.3 Å². The average Bonchev–Trinajstić information content (AvgIpc) is 2.63. The molecule has 17 heavy (non-hydrogen) atoms. The molecule has 1 aromatic carbocycles. The lowest BCUT2D eigenvalue weighted by Gasteiger charge is -2.14. The Kier molecular flexibility index (Phi) is 3.38. The summed E-state index contributed by atoms with van der Waals surface area (Å²) in [7, 11) is 0. The van der Waals surface area contributed by atoms with Crippen molar-refractivity contribution in [3.8, 4) is 0 Å². The van der Waals surface area contributed by atoms with E-state index in [9.17, 15) is 0 Å². The molecular formula is C14H20N2O. The molecule has 2 N–H and O–H groups in total. The van der Waals surface area contributed by atoms with Gasteiger partial charge in [-0.3, -0.25) is 0 Å². The third-order valence-corrected chi connectivity index (χ3v) is 2.92. The summed E-state index contributed by atoms with van der Waals surface area (Å²) in [6, 6.07) is 8.64. The van der Waals surface area contributed by atoms with Gasteiger partial charge in [0, 0.05) is 29.4 Å².